The predicted molar refractivity (Wildman–Crippen MR) is 61.2 cm³/mol. The van der Waals surface area contributed by atoms with Crippen LogP contribution < -0.4 is 10.1 Å². The Kier molecular flexibility index (Phi) is 3.83. The molecule has 1 aromatic carbocycles. The molecule has 4 nitrogen and oxygen atoms in total. The maximum atomic E-state index is 11.2. The summed E-state index contributed by atoms with van der Waals surface area (Å²) in [7, 11) is 0. The highest BCUT2D eigenvalue weighted by atomic mass is 16.5. The number of carbonyl (C=O) groups is 2. The van der Waals surface area contributed by atoms with Gasteiger partial charge in [-0.2, -0.15) is 0 Å². The first kappa shape index (κ1) is 12.0. The third-order valence-corrected chi connectivity index (χ3v) is 1.73. The molecule has 0 saturated heterocycles. The Morgan fingerprint density at radius 3 is 2.19 bits per heavy atom. The SMILES string of the molecule is C=C(C)C(=O)Oc1ccc(NC(C)=O)cc1. The number of anilines is 1. The van der Waals surface area contributed by atoms with Crippen molar-refractivity contribution in [2.45, 2.75) is 13.8 Å². The van der Waals surface area contributed by atoms with E-state index in [4.69, 9.17) is 4.74 Å². The molecule has 0 aromatic heterocycles. The molecule has 1 aromatic rings. The molecule has 1 N–H and O–H groups in total. The summed E-state index contributed by atoms with van der Waals surface area (Å²) < 4.78 is 4.98. The summed E-state index contributed by atoms with van der Waals surface area (Å²) in [4.78, 5) is 21.9. The third kappa shape index (κ3) is 3.57. The second-order valence-electron chi connectivity index (χ2n) is 3.38. The summed E-state index contributed by atoms with van der Waals surface area (Å²) in [6.45, 7) is 6.48. The van der Waals surface area contributed by atoms with E-state index >= 15 is 0 Å². The first-order valence-corrected chi connectivity index (χ1v) is 4.74. The van der Waals surface area contributed by atoms with Crippen LogP contribution in [0, 0.1) is 0 Å². The van der Waals surface area contributed by atoms with E-state index in [1.54, 1.807) is 31.2 Å². The number of carbonyl (C=O) groups excluding carboxylic acids is 2. The highest BCUT2D eigenvalue weighted by molar-refractivity contribution is 5.90. The molecule has 0 bridgehead atoms. The second kappa shape index (κ2) is 5.11. The number of esters is 1. The van der Waals surface area contributed by atoms with Gasteiger partial charge in [-0.05, 0) is 31.2 Å². The fourth-order valence-electron chi connectivity index (χ4n) is 1.00. The van der Waals surface area contributed by atoms with Gasteiger partial charge < -0.3 is 10.1 Å². The molecule has 0 aliphatic rings. The van der Waals surface area contributed by atoms with Gasteiger partial charge in [-0.15, -0.1) is 0 Å². The summed E-state index contributed by atoms with van der Waals surface area (Å²) in [5.74, 6) is -0.193. The number of benzene rings is 1. The maximum Gasteiger partial charge on any atom is 0.338 e. The van der Waals surface area contributed by atoms with Crippen LogP contribution in [-0.4, -0.2) is 11.9 Å². The van der Waals surface area contributed by atoms with E-state index in [9.17, 15) is 9.59 Å². The van der Waals surface area contributed by atoms with Crippen molar-refractivity contribution in [3.05, 3.63) is 36.4 Å². The number of amides is 1. The fraction of sp³-hybridized carbons (Fsp3) is 0.167. The van der Waals surface area contributed by atoms with Gasteiger partial charge >= 0.3 is 5.97 Å². The van der Waals surface area contributed by atoms with Crippen molar-refractivity contribution in [2.24, 2.45) is 0 Å². The van der Waals surface area contributed by atoms with E-state index < -0.39 is 5.97 Å². The molecule has 0 fully saturated rings. The summed E-state index contributed by atoms with van der Waals surface area (Å²) in [6.07, 6.45) is 0. The van der Waals surface area contributed by atoms with E-state index in [2.05, 4.69) is 11.9 Å². The van der Waals surface area contributed by atoms with Gasteiger partial charge in [-0.3, -0.25) is 4.79 Å². The van der Waals surface area contributed by atoms with Crippen molar-refractivity contribution in [3.63, 3.8) is 0 Å². The summed E-state index contributed by atoms with van der Waals surface area (Å²) in [5.41, 5.74) is 0.994. The highest BCUT2D eigenvalue weighted by Crippen LogP contribution is 2.16. The molecule has 1 amide bonds. The van der Waals surface area contributed by atoms with Crippen LogP contribution in [0.3, 0.4) is 0 Å². The van der Waals surface area contributed by atoms with Gasteiger partial charge in [0.15, 0.2) is 0 Å². The lowest BCUT2D eigenvalue weighted by Gasteiger charge is -2.05. The van der Waals surface area contributed by atoms with E-state index in [0.29, 0.717) is 17.0 Å². The molecule has 1 rings (SSSR count). The lowest BCUT2D eigenvalue weighted by Crippen LogP contribution is -2.08. The molecule has 0 atom stereocenters. The van der Waals surface area contributed by atoms with Crippen molar-refractivity contribution in [2.75, 3.05) is 5.32 Å². The van der Waals surface area contributed by atoms with Gasteiger partial charge in [-0.25, -0.2) is 4.79 Å². The largest absolute Gasteiger partial charge is 0.423 e. The number of nitrogens with one attached hydrogen (secondary N) is 1. The van der Waals surface area contributed by atoms with Crippen molar-refractivity contribution in [3.8, 4) is 5.75 Å². The number of hydrogen-bond acceptors (Lipinski definition) is 3. The van der Waals surface area contributed by atoms with Crippen LogP contribution in [0.4, 0.5) is 5.69 Å². The number of hydrogen-bond donors (Lipinski definition) is 1. The average molecular weight is 219 g/mol. The fourth-order valence-corrected chi connectivity index (χ4v) is 1.00. The normalized spacial score (nSPS) is 9.38. The standard InChI is InChI=1S/C12H13NO3/c1-8(2)12(15)16-11-6-4-10(5-7-11)13-9(3)14/h4-7H,1H2,2-3H3,(H,13,14). The minimum Gasteiger partial charge on any atom is -0.423 e. The van der Waals surface area contributed by atoms with Crippen molar-refractivity contribution < 1.29 is 14.3 Å². The Labute approximate surface area is 93.9 Å². The van der Waals surface area contributed by atoms with E-state index in [1.807, 2.05) is 0 Å². The van der Waals surface area contributed by atoms with Crippen molar-refractivity contribution in [1.29, 1.82) is 0 Å². The number of rotatable bonds is 3. The lowest BCUT2D eigenvalue weighted by molar-refractivity contribution is -0.130. The molecule has 16 heavy (non-hydrogen) atoms. The lowest BCUT2D eigenvalue weighted by atomic mass is 10.3. The van der Waals surface area contributed by atoms with Crippen LogP contribution in [0.25, 0.3) is 0 Å². The van der Waals surface area contributed by atoms with Gasteiger partial charge in [0.05, 0.1) is 0 Å². The molecule has 0 saturated carbocycles. The topological polar surface area (TPSA) is 55.4 Å². The molecule has 0 heterocycles. The van der Waals surface area contributed by atoms with Crippen LogP contribution >= 0.6 is 0 Å². The Morgan fingerprint density at radius 1 is 1.19 bits per heavy atom. The van der Waals surface area contributed by atoms with Crippen LogP contribution in [0.15, 0.2) is 36.4 Å². The van der Waals surface area contributed by atoms with Crippen LogP contribution in [-0.2, 0) is 9.59 Å². The highest BCUT2D eigenvalue weighted by Gasteiger charge is 2.04. The molecule has 4 heteroatoms. The Bertz CT molecular complexity index is 420. The van der Waals surface area contributed by atoms with Crippen LogP contribution in [0.2, 0.25) is 0 Å². The molecular weight excluding hydrogens is 206 g/mol. The van der Waals surface area contributed by atoms with E-state index in [-0.39, 0.29) is 5.91 Å². The minimum atomic E-state index is -0.465. The zero-order valence-electron chi connectivity index (χ0n) is 9.24. The predicted octanol–water partition coefficient (Wildman–Crippen LogP) is 2.13. The molecular formula is C12H13NO3. The molecule has 0 spiro atoms. The zero-order valence-corrected chi connectivity index (χ0v) is 9.24. The van der Waals surface area contributed by atoms with Gasteiger partial charge in [0.1, 0.15) is 5.75 Å². The smallest absolute Gasteiger partial charge is 0.338 e. The zero-order chi connectivity index (χ0) is 12.1. The summed E-state index contributed by atoms with van der Waals surface area (Å²) in [5, 5.41) is 2.61. The molecule has 0 radical (unpaired) electrons. The van der Waals surface area contributed by atoms with Crippen molar-refractivity contribution >= 4 is 17.6 Å². The van der Waals surface area contributed by atoms with Gasteiger partial charge in [0.25, 0.3) is 0 Å². The van der Waals surface area contributed by atoms with E-state index in [0.717, 1.165) is 0 Å². The molecule has 84 valence electrons. The Balaban J connectivity index is 2.68. The minimum absolute atomic E-state index is 0.147. The average Bonchev–Trinajstić information content (AvgIpc) is 2.20. The first-order valence-electron chi connectivity index (χ1n) is 4.74. The third-order valence-electron chi connectivity index (χ3n) is 1.73. The Hall–Kier alpha value is -2.10. The van der Waals surface area contributed by atoms with Gasteiger partial charge in [0, 0.05) is 18.2 Å². The quantitative estimate of drug-likeness (QED) is 0.481. The molecule has 0 unspecified atom stereocenters. The van der Waals surface area contributed by atoms with Crippen molar-refractivity contribution in [1.82, 2.24) is 0 Å². The number of ether oxygens (including phenoxy) is 1. The van der Waals surface area contributed by atoms with Gasteiger partial charge in [0.2, 0.25) is 5.91 Å². The van der Waals surface area contributed by atoms with Crippen LogP contribution in [0.1, 0.15) is 13.8 Å². The second-order valence-corrected chi connectivity index (χ2v) is 3.38. The van der Waals surface area contributed by atoms with Crippen LogP contribution in [0.5, 0.6) is 5.75 Å². The van der Waals surface area contributed by atoms with Gasteiger partial charge in [-0.1, -0.05) is 6.58 Å². The Morgan fingerprint density at radius 2 is 1.75 bits per heavy atom. The monoisotopic (exact) mass is 219 g/mol. The molecule has 0 aliphatic carbocycles. The maximum absolute atomic E-state index is 11.2. The first-order chi connectivity index (χ1) is 7.49. The summed E-state index contributed by atoms with van der Waals surface area (Å²) in [6, 6.07) is 6.52. The van der Waals surface area contributed by atoms with E-state index in [1.165, 1.54) is 6.92 Å². The summed E-state index contributed by atoms with van der Waals surface area (Å²) >= 11 is 0. The molecule has 0 aliphatic heterocycles.